The van der Waals surface area contributed by atoms with Crippen LogP contribution in [0.3, 0.4) is 0 Å². The molecule has 3 rings (SSSR count). The monoisotopic (exact) mass is 339 g/mol. The summed E-state index contributed by atoms with van der Waals surface area (Å²) in [6.07, 6.45) is 0.0268. The van der Waals surface area contributed by atoms with E-state index in [0.717, 1.165) is 22.1 Å². The molecule has 3 aromatic rings. The van der Waals surface area contributed by atoms with E-state index in [2.05, 4.69) is 10.5 Å². The van der Waals surface area contributed by atoms with Gasteiger partial charge in [0.2, 0.25) is 5.91 Å². The fourth-order valence-electron chi connectivity index (χ4n) is 2.85. The number of rotatable bonds is 4. The number of hydrogen-bond donors (Lipinski definition) is 1. The summed E-state index contributed by atoms with van der Waals surface area (Å²) in [6.45, 7) is 5.68. The molecule has 128 valence electrons. The molecule has 0 aliphatic carbocycles. The summed E-state index contributed by atoms with van der Waals surface area (Å²) in [5.41, 5.74) is 4.34. The highest BCUT2D eigenvalue weighted by Crippen LogP contribution is 2.26. The van der Waals surface area contributed by atoms with Gasteiger partial charge in [0.1, 0.15) is 5.69 Å². The fourth-order valence-corrected chi connectivity index (χ4v) is 2.85. The van der Waals surface area contributed by atoms with E-state index in [9.17, 15) is 14.9 Å². The predicted molar refractivity (Wildman–Crippen MR) is 93.7 cm³/mol. The van der Waals surface area contributed by atoms with E-state index in [1.165, 1.54) is 12.1 Å². The highest BCUT2D eigenvalue weighted by molar-refractivity contribution is 5.96. The number of nitro groups is 1. The number of nitrogens with one attached hydrogen (secondary N) is 1. The zero-order valence-electron chi connectivity index (χ0n) is 14.1. The van der Waals surface area contributed by atoms with Crippen LogP contribution in [0.5, 0.6) is 0 Å². The van der Waals surface area contributed by atoms with Gasteiger partial charge in [-0.05, 0) is 43.5 Å². The number of carbonyl (C=O) groups excluding carboxylic acids is 1. The number of hydrogen-bond acceptors (Lipinski definition) is 5. The molecule has 0 aliphatic heterocycles. The number of aromatic nitrogens is 1. The highest BCUT2D eigenvalue weighted by Gasteiger charge is 2.16. The molecule has 1 amide bonds. The summed E-state index contributed by atoms with van der Waals surface area (Å²) in [7, 11) is 0. The molecule has 0 aliphatic rings. The lowest BCUT2D eigenvalue weighted by Gasteiger charge is -2.07. The van der Waals surface area contributed by atoms with Crippen molar-refractivity contribution in [3.63, 3.8) is 0 Å². The van der Waals surface area contributed by atoms with Crippen LogP contribution in [0, 0.1) is 30.9 Å². The van der Waals surface area contributed by atoms with E-state index in [1.807, 2.05) is 26.0 Å². The minimum atomic E-state index is -0.494. The number of carbonyl (C=O) groups is 1. The van der Waals surface area contributed by atoms with E-state index >= 15 is 0 Å². The first-order valence-electron chi connectivity index (χ1n) is 7.75. The fraction of sp³-hybridized carbons (Fsp3) is 0.222. The van der Waals surface area contributed by atoms with Crippen molar-refractivity contribution in [3.8, 4) is 0 Å². The lowest BCUT2D eigenvalue weighted by Crippen LogP contribution is -2.15. The van der Waals surface area contributed by atoms with Gasteiger partial charge in [0.05, 0.1) is 17.0 Å². The molecule has 1 N–H and O–H groups in total. The first kappa shape index (κ1) is 16.6. The normalized spacial score (nSPS) is 10.8. The van der Waals surface area contributed by atoms with Crippen molar-refractivity contribution in [3.05, 3.63) is 62.8 Å². The molecule has 1 aromatic heterocycles. The number of benzene rings is 2. The number of nitro benzene ring substituents is 1. The van der Waals surface area contributed by atoms with Gasteiger partial charge < -0.3 is 9.84 Å². The SMILES string of the molecule is Cc1cc(C)c2c(CC(=O)Nc3cc([N+](=O)[O-])ccc3C)noc2c1. The molecule has 0 saturated carbocycles. The second-order valence-electron chi connectivity index (χ2n) is 6.07. The third-order valence-corrected chi connectivity index (χ3v) is 4.02. The van der Waals surface area contributed by atoms with Gasteiger partial charge in [-0.3, -0.25) is 14.9 Å². The Balaban J connectivity index is 1.84. The van der Waals surface area contributed by atoms with E-state index in [0.29, 0.717) is 17.0 Å². The summed E-state index contributed by atoms with van der Waals surface area (Å²) < 4.78 is 5.32. The maximum absolute atomic E-state index is 12.4. The van der Waals surface area contributed by atoms with Crippen molar-refractivity contribution in [2.75, 3.05) is 5.32 Å². The average Bonchev–Trinajstić information content (AvgIpc) is 2.92. The maximum atomic E-state index is 12.4. The summed E-state index contributed by atoms with van der Waals surface area (Å²) >= 11 is 0. The molecule has 7 heteroatoms. The largest absolute Gasteiger partial charge is 0.356 e. The number of non-ortho nitro benzene ring substituents is 1. The molecule has 0 unspecified atom stereocenters. The number of amides is 1. The lowest BCUT2D eigenvalue weighted by atomic mass is 10.0. The smallest absolute Gasteiger partial charge is 0.271 e. The third kappa shape index (κ3) is 3.35. The van der Waals surface area contributed by atoms with Crippen molar-refractivity contribution in [2.45, 2.75) is 27.2 Å². The number of aryl methyl sites for hydroxylation is 3. The molecular weight excluding hydrogens is 322 g/mol. The predicted octanol–water partition coefficient (Wildman–Crippen LogP) is 3.84. The Bertz CT molecular complexity index is 991. The number of nitrogens with zero attached hydrogens (tertiary/aromatic N) is 2. The van der Waals surface area contributed by atoms with Crippen LogP contribution < -0.4 is 5.32 Å². The molecular formula is C18H17N3O4. The van der Waals surface area contributed by atoms with Gasteiger partial charge in [-0.25, -0.2) is 0 Å². The van der Waals surface area contributed by atoms with Crippen LogP contribution >= 0.6 is 0 Å². The molecule has 25 heavy (non-hydrogen) atoms. The molecule has 0 atom stereocenters. The van der Waals surface area contributed by atoms with E-state index in [4.69, 9.17) is 4.52 Å². The van der Waals surface area contributed by atoms with E-state index in [-0.39, 0.29) is 18.0 Å². The van der Waals surface area contributed by atoms with E-state index < -0.39 is 4.92 Å². The number of fused-ring (bicyclic) bond motifs is 1. The minimum absolute atomic E-state index is 0.0268. The minimum Gasteiger partial charge on any atom is -0.356 e. The van der Waals surface area contributed by atoms with E-state index in [1.54, 1.807) is 13.0 Å². The zero-order chi connectivity index (χ0) is 18.1. The Morgan fingerprint density at radius 2 is 1.96 bits per heavy atom. The lowest BCUT2D eigenvalue weighted by molar-refractivity contribution is -0.384. The second-order valence-corrected chi connectivity index (χ2v) is 6.07. The van der Waals surface area contributed by atoms with Gasteiger partial charge in [0.25, 0.3) is 5.69 Å². The van der Waals surface area contributed by atoms with Crippen molar-refractivity contribution >= 4 is 28.3 Å². The summed E-state index contributed by atoms with van der Waals surface area (Å²) in [5.74, 6) is -0.307. The summed E-state index contributed by atoms with van der Waals surface area (Å²) in [4.78, 5) is 22.8. The highest BCUT2D eigenvalue weighted by atomic mass is 16.6. The molecule has 0 fully saturated rings. The molecule has 0 radical (unpaired) electrons. The Morgan fingerprint density at radius 1 is 1.20 bits per heavy atom. The second kappa shape index (κ2) is 6.35. The topological polar surface area (TPSA) is 98.3 Å². The Morgan fingerprint density at radius 3 is 2.68 bits per heavy atom. The summed E-state index contributed by atoms with van der Waals surface area (Å²) in [6, 6.07) is 8.24. The van der Waals surface area contributed by atoms with Crippen molar-refractivity contribution < 1.29 is 14.2 Å². The molecule has 0 bridgehead atoms. The van der Waals surface area contributed by atoms with Crippen molar-refractivity contribution in [1.29, 1.82) is 0 Å². The van der Waals surface area contributed by atoms with Crippen LogP contribution in [0.1, 0.15) is 22.4 Å². The number of anilines is 1. The van der Waals surface area contributed by atoms with Crippen LogP contribution in [0.4, 0.5) is 11.4 Å². The van der Waals surface area contributed by atoms with Gasteiger partial charge >= 0.3 is 0 Å². The van der Waals surface area contributed by atoms with Crippen LogP contribution in [0.25, 0.3) is 11.0 Å². The van der Waals surface area contributed by atoms with Crippen molar-refractivity contribution in [2.24, 2.45) is 0 Å². The zero-order valence-corrected chi connectivity index (χ0v) is 14.1. The van der Waals surface area contributed by atoms with Gasteiger partial charge in [-0.15, -0.1) is 0 Å². The molecule has 2 aromatic carbocycles. The van der Waals surface area contributed by atoms with Crippen molar-refractivity contribution in [1.82, 2.24) is 5.16 Å². The third-order valence-electron chi connectivity index (χ3n) is 4.02. The van der Waals surface area contributed by atoms with Gasteiger partial charge in [0.15, 0.2) is 5.58 Å². The quantitative estimate of drug-likeness (QED) is 0.575. The van der Waals surface area contributed by atoms with Gasteiger partial charge in [0, 0.05) is 17.5 Å². The van der Waals surface area contributed by atoms with Crippen LogP contribution in [0.15, 0.2) is 34.9 Å². The van der Waals surface area contributed by atoms with Gasteiger partial charge in [-0.2, -0.15) is 0 Å². The van der Waals surface area contributed by atoms with Crippen LogP contribution in [0.2, 0.25) is 0 Å². The Hall–Kier alpha value is -3.22. The average molecular weight is 339 g/mol. The molecule has 0 saturated heterocycles. The Kier molecular flexibility index (Phi) is 4.22. The molecule has 7 nitrogen and oxygen atoms in total. The standard InChI is InChI=1S/C18H17N3O4/c1-10-6-12(3)18-15(20-25-16(18)7-10)9-17(22)19-14-8-13(21(23)24)5-4-11(14)2/h4-8H,9H2,1-3H3,(H,19,22). The van der Waals surface area contributed by atoms with Gasteiger partial charge in [-0.1, -0.05) is 17.3 Å². The first-order valence-corrected chi connectivity index (χ1v) is 7.75. The van der Waals surface area contributed by atoms with Crippen LogP contribution in [-0.2, 0) is 11.2 Å². The Labute approximate surface area is 143 Å². The summed E-state index contributed by atoms with van der Waals surface area (Å²) in [5, 5.41) is 18.4. The molecule has 1 heterocycles. The van der Waals surface area contributed by atoms with Crippen LogP contribution in [-0.4, -0.2) is 16.0 Å². The maximum Gasteiger partial charge on any atom is 0.271 e. The first-order chi connectivity index (χ1) is 11.8. The molecule has 0 spiro atoms.